The highest BCUT2D eigenvalue weighted by Crippen LogP contribution is 2.30. The summed E-state index contributed by atoms with van der Waals surface area (Å²) < 4.78 is 23.3. The maximum Gasteiger partial charge on any atom is 0.177 e. The molecule has 1 aliphatic carbocycles. The Hall–Kier alpha value is -1.23. The molecule has 0 bridgehead atoms. The molecule has 0 saturated heterocycles. The molecule has 0 aliphatic heterocycles. The molecular formula is C15H24N2O2S. The van der Waals surface area contributed by atoms with Gasteiger partial charge in [-0.15, -0.1) is 0 Å². The second-order valence-corrected chi connectivity index (χ2v) is 7.98. The Morgan fingerprint density at radius 3 is 2.50 bits per heavy atom. The van der Waals surface area contributed by atoms with Gasteiger partial charge in [0, 0.05) is 12.8 Å². The Labute approximate surface area is 121 Å². The van der Waals surface area contributed by atoms with Crippen LogP contribution in [0, 0.1) is 11.8 Å². The summed E-state index contributed by atoms with van der Waals surface area (Å²) in [5, 5.41) is 3.32. The van der Waals surface area contributed by atoms with Crippen molar-refractivity contribution in [2.45, 2.75) is 37.5 Å². The number of nitrogen functional groups attached to an aromatic ring is 1. The molecule has 2 rings (SSSR count). The summed E-state index contributed by atoms with van der Waals surface area (Å²) in [5.41, 5.74) is 7.03. The van der Waals surface area contributed by atoms with Crippen LogP contribution in [0.4, 0.5) is 11.4 Å². The normalized spacial score (nSPS) is 23.5. The third-order valence-electron chi connectivity index (χ3n) is 4.18. The van der Waals surface area contributed by atoms with E-state index < -0.39 is 9.84 Å². The molecule has 0 unspecified atom stereocenters. The van der Waals surface area contributed by atoms with Gasteiger partial charge < -0.3 is 11.1 Å². The highest BCUT2D eigenvalue weighted by Gasteiger charge is 2.19. The number of sulfone groups is 1. The second kappa shape index (κ2) is 6.04. The summed E-state index contributed by atoms with van der Waals surface area (Å²) in [6.07, 6.45) is 6.22. The minimum absolute atomic E-state index is 0.208. The van der Waals surface area contributed by atoms with Crippen molar-refractivity contribution in [3.63, 3.8) is 0 Å². The molecule has 0 radical (unpaired) electrons. The van der Waals surface area contributed by atoms with Crippen LogP contribution in [0.15, 0.2) is 23.1 Å². The lowest BCUT2D eigenvalue weighted by atomic mass is 9.83. The molecule has 112 valence electrons. The van der Waals surface area contributed by atoms with Crippen molar-refractivity contribution < 1.29 is 8.42 Å². The van der Waals surface area contributed by atoms with E-state index in [1.807, 2.05) is 6.07 Å². The number of rotatable bonds is 4. The summed E-state index contributed by atoms with van der Waals surface area (Å²) in [5.74, 6) is 1.50. The van der Waals surface area contributed by atoms with Gasteiger partial charge >= 0.3 is 0 Å². The van der Waals surface area contributed by atoms with Crippen LogP contribution in [-0.2, 0) is 9.84 Å². The van der Waals surface area contributed by atoms with Gasteiger partial charge in [-0.05, 0) is 36.8 Å². The van der Waals surface area contributed by atoms with Gasteiger partial charge in [0.15, 0.2) is 9.84 Å². The van der Waals surface area contributed by atoms with Crippen LogP contribution in [0.25, 0.3) is 0 Å². The van der Waals surface area contributed by atoms with Gasteiger partial charge in [-0.1, -0.05) is 25.8 Å². The zero-order valence-corrected chi connectivity index (χ0v) is 13.0. The molecule has 0 heterocycles. The zero-order valence-electron chi connectivity index (χ0n) is 12.2. The van der Waals surface area contributed by atoms with E-state index in [1.165, 1.54) is 31.9 Å². The number of nitrogens with one attached hydrogen (secondary N) is 1. The van der Waals surface area contributed by atoms with E-state index in [0.29, 0.717) is 11.6 Å². The van der Waals surface area contributed by atoms with Crippen molar-refractivity contribution >= 4 is 21.2 Å². The van der Waals surface area contributed by atoms with Crippen molar-refractivity contribution in [1.82, 2.24) is 0 Å². The SMILES string of the molecule is CC1CCC(CNc2cccc(S(C)(=O)=O)c2N)CC1. The number of nitrogens with two attached hydrogens (primary N) is 1. The predicted octanol–water partition coefficient (Wildman–Crippen LogP) is 2.91. The number of anilines is 2. The fourth-order valence-electron chi connectivity index (χ4n) is 2.81. The monoisotopic (exact) mass is 296 g/mol. The average molecular weight is 296 g/mol. The molecule has 1 saturated carbocycles. The van der Waals surface area contributed by atoms with Gasteiger partial charge in [-0.2, -0.15) is 0 Å². The summed E-state index contributed by atoms with van der Waals surface area (Å²) in [7, 11) is -3.27. The summed E-state index contributed by atoms with van der Waals surface area (Å²) >= 11 is 0. The van der Waals surface area contributed by atoms with E-state index in [4.69, 9.17) is 5.73 Å². The highest BCUT2D eigenvalue weighted by molar-refractivity contribution is 7.90. The molecule has 0 amide bonds. The molecule has 0 atom stereocenters. The summed E-state index contributed by atoms with van der Waals surface area (Å²) in [4.78, 5) is 0.208. The first kappa shape index (κ1) is 15.2. The van der Waals surface area contributed by atoms with Crippen LogP contribution in [0.2, 0.25) is 0 Å². The Balaban J connectivity index is 2.03. The molecular weight excluding hydrogens is 272 g/mol. The van der Waals surface area contributed by atoms with Gasteiger partial charge in [0.25, 0.3) is 0 Å². The van der Waals surface area contributed by atoms with Crippen LogP contribution in [0.1, 0.15) is 32.6 Å². The van der Waals surface area contributed by atoms with E-state index in [-0.39, 0.29) is 4.90 Å². The van der Waals surface area contributed by atoms with E-state index >= 15 is 0 Å². The number of para-hydroxylation sites is 1. The van der Waals surface area contributed by atoms with Crippen molar-refractivity contribution in [2.24, 2.45) is 11.8 Å². The van der Waals surface area contributed by atoms with E-state index in [0.717, 1.165) is 18.2 Å². The van der Waals surface area contributed by atoms with Gasteiger partial charge in [0.1, 0.15) is 0 Å². The minimum atomic E-state index is -3.27. The van der Waals surface area contributed by atoms with Crippen LogP contribution in [-0.4, -0.2) is 21.2 Å². The van der Waals surface area contributed by atoms with Gasteiger partial charge in [-0.3, -0.25) is 0 Å². The second-order valence-electron chi connectivity index (χ2n) is 6.00. The van der Waals surface area contributed by atoms with Gasteiger partial charge in [-0.25, -0.2) is 8.42 Å². The molecule has 4 nitrogen and oxygen atoms in total. The fraction of sp³-hybridized carbons (Fsp3) is 0.600. The maximum absolute atomic E-state index is 11.6. The topological polar surface area (TPSA) is 72.2 Å². The fourth-order valence-corrected chi connectivity index (χ4v) is 3.64. The molecule has 1 fully saturated rings. The Bertz CT molecular complexity index is 561. The lowest BCUT2D eigenvalue weighted by molar-refractivity contribution is 0.300. The first-order chi connectivity index (χ1) is 9.38. The largest absolute Gasteiger partial charge is 0.396 e. The third kappa shape index (κ3) is 3.66. The van der Waals surface area contributed by atoms with Crippen molar-refractivity contribution in [3.8, 4) is 0 Å². The molecule has 3 N–H and O–H groups in total. The molecule has 1 aromatic rings. The molecule has 20 heavy (non-hydrogen) atoms. The first-order valence-corrected chi connectivity index (χ1v) is 9.09. The lowest BCUT2D eigenvalue weighted by Crippen LogP contribution is -2.20. The standard InChI is InChI=1S/C15H24N2O2S/c1-11-6-8-12(9-7-11)10-17-13-4-3-5-14(15(13)16)20(2,18)19/h3-5,11-12,17H,6-10,16H2,1-2H3. The van der Waals surface area contributed by atoms with Crippen molar-refractivity contribution in [2.75, 3.05) is 23.9 Å². The van der Waals surface area contributed by atoms with E-state index in [9.17, 15) is 8.42 Å². The zero-order chi connectivity index (χ0) is 14.8. The predicted molar refractivity (Wildman–Crippen MR) is 83.6 cm³/mol. The van der Waals surface area contributed by atoms with Crippen molar-refractivity contribution in [3.05, 3.63) is 18.2 Å². The maximum atomic E-state index is 11.6. The molecule has 1 aliphatic rings. The van der Waals surface area contributed by atoms with Crippen LogP contribution >= 0.6 is 0 Å². The summed E-state index contributed by atoms with van der Waals surface area (Å²) in [6.45, 7) is 3.17. The minimum Gasteiger partial charge on any atom is -0.396 e. The Morgan fingerprint density at radius 1 is 1.25 bits per heavy atom. The quantitative estimate of drug-likeness (QED) is 0.838. The van der Waals surface area contributed by atoms with Crippen molar-refractivity contribution in [1.29, 1.82) is 0 Å². The Kier molecular flexibility index (Phi) is 4.58. The van der Waals surface area contributed by atoms with E-state index in [2.05, 4.69) is 12.2 Å². The van der Waals surface area contributed by atoms with Gasteiger partial charge in [0.2, 0.25) is 0 Å². The third-order valence-corrected chi connectivity index (χ3v) is 5.34. The van der Waals surface area contributed by atoms with E-state index in [1.54, 1.807) is 12.1 Å². The van der Waals surface area contributed by atoms with Gasteiger partial charge in [0.05, 0.1) is 16.3 Å². The first-order valence-electron chi connectivity index (χ1n) is 7.20. The van der Waals surface area contributed by atoms with Crippen LogP contribution in [0.5, 0.6) is 0 Å². The Morgan fingerprint density at radius 2 is 1.90 bits per heavy atom. The smallest absolute Gasteiger partial charge is 0.177 e. The number of hydrogen-bond donors (Lipinski definition) is 2. The van der Waals surface area contributed by atoms with Crippen LogP contribution < -0.4 is 11.1 Å². The number of hydrogen-bond acceptors (Lipinski definition) is 4. The highest BCUT2D eigenvalue weighted by atomic mass is 32.2. The molecule has 1 aromatic carbocycles. The van der Waals surface area contributed by atoms with Crippen LogP contribution in [0.3, 0.4) is 0 Å². The average Bonchev–Trinajstić information content (AvgIpc) is 2.38. The molecule has 5 heteroatoms. The summed E-state index contributed by atoms with van der Waals surface area (Å²) in [6, 6.07) is 5.13. The molecule has 0 spiro atoms. The lowest BCUT2D eigenvalue weighted by Gasteiger charge is -2.26. The number of benzene rings is 1. The molecule has 0 aromatic heterocycles.